The molecule has 0 spiro atoms. The number of rotatable bonds is 1. The van der Waals surface area contributed by atoms with Gasteiger partial charge in [-0.15, -0.1) is 0 Å². The number of carbonyl (C=O) groups excluding carboxylic acids is 1. The highest BCUT2D eigenvalue weighted by Gasteiger charge is 2.22. The number of benzene rings is 2. The topological polar surface area (TPSA) is 42.0 Å². The van der Waals surface area contributed by atoms with Crippen molar-refractivity contribution in [2.75, 3.05) is 0 Å². The van der Waals surface area contributed by atoms with Crippen LogP contribution < -0.4 is 5.32 Å². The molecule has 0 bridgehead atoms. The first-order valence-corrected chi connectivity index (χ1v) is 7.21. The van der Waals surface area contributed by atoms with E-state index in [2.05, 4.69) is 22.4 Å². The third-order valence-corrected chi connectivity index (χ3v) is 3.95. The van der Waals surface area contributed by atoms with Crippen molar-refractivity contribution in [2.45, 2.75) is 6.92 Å². The normalized spacial score (nSPS) is 15.1. The van der Waals surface area contributed by atoms with E-state index < -0.39 is 0 Å². The largest absolute Gasteiger partial charge is 0.321 e. The van der Waals surface area contributed by atoms with Gasteiger partial charge in [0.1, 0.15) is 0 Å². The summed E-state index contributed by atoms with van der Waals surface area (Å²) >= 11 is 0. The summed E-state index contributed by atoms with van der Waals surface area (Å²) in [5.74, 6) is -0.0561. The van der Waals surface area contributed by atoms with Gasteiger partial charge in [0.15, 0.2) is 0 Å². The molecule has 106 valence electrons. The fraction of sp³-hybridized carbons (Fsp3) is 0.0526. The number of fused-ring (bicyclic) bond motifs is 2. The number of carbonyl (C=O) groups is 1. The van der Waals surface area contributed by atoms with Gasteiger partial charge in [-0.05, 0) is 30.5 Å². The van der Waals surface area contributed by atoms with Crippen LogP contribution in [-0.4, -0.2) is 10.9 Å². The number of aryl methyl sites for hydroxylation is 1. The predicted octanol–water partition coefficient (Wildman–Crippen LogP) is 3.78. The summed E-state index contributed by atoms with van der Waals surface area (Å²) in [5.41, 5.74) is 4.29. The molecule has 1 aliphatic rings. The van der Waals surface area contributed by atoms with Crippen LogP contribution in [-0.2, 0) is 0 Å². The lowest BCUT2D eigenvalue weighted by Crippen LogP contribution is -2.12. The lowest BCUT2D eigenvalue weighted by molar-refractivity contribution is 0.0981. The number of amides is 1. The molecule has 1 aromatic heterocycles. The Kier molecular flexibility index (Phi) is 2.79. The van der Waals surface area contributed by atoms with Crippen LogP contribution >= 0.6 is 0 Å². The summed E-state index contributed by atoms with van der Waals surface area (Å²) in [6.45, 7) is 2.01. The van der Waals surface area contributed by atoms with Gasteiger partial charge >= 0.3 is 0 Å². The van der Waals surface area contributed by atoms with E-state index in [9.17, 15) is 4.79 Å². The highest BCUT2D eigenvalue weighted by molar-refractivity contribution is 6.11. The SMILES string of the molecule is Cc1nc(/C=C2\NC(=O)c3ccccc32)cc2ccccc12. The van der Waals surface area contributed by atoms with Crippen LogP contribution in [0.4, 0.5) is 0 Å². The van der Waals surface area contributed by atoms with Crippen LogP contribution in [0.3, 0.4) is 0 Å². The van der Waals surface area contributed by atoms with Gasteiger partial charge in [-0.3, -0.25) is 9.78 Å². The molecule has 1 N–H and O–H groups in total. The summed E-state index contributed by atoms with van der Waals surface area (Å²) in [5, 5.41) is 5.22. The quantitative estimate of drug-likeness (QED) is 0.739. The van der Waals surface area contributed by atoms with E-state index in [0.717, 1.165) is 33.4 Å². The minimum absolute atomic E-state index is 0.0561. The van der Waals surface area contributed by atoms with Gasteiger partial charge in [0.25, 0.3) is 5.91 Å². The van der Waals surface area contributed by atoms with E-state index in [-0.39, 0.29) is 5.91 Å². The second kappa shape index (κ2) is 4.81. The summed E-state index contributed by atoms with van der Waals surface area (Å²) in [6.07, 6.45) is 1.93. The van der Waals surface area contributed by atoms with Crippen molar-refractivity contribution in [1.82, 2.24) is 10.3 Å². The molecule has 2 aromatic carbocycles. The molecule has 2 heterocycles. The van der Waals surface area contributed by atoms with Gasteiger partial charge in [-0.1, -0.05) is 42.5 Å². The first kappa shape index (κ1) is 12.8. The van der Waals surface area contributed by atoms with Crippen LogP contribution in [0, 0.1) is 6.92 Å². The van der Waals surface area contributed by atoms with E-state index in [1.807, 2.05) is 55.5 Å². The average molecular weight is 286 g/mol. The maximum absolute atomic E-state index is 12.0. The molecule has 0 radical (unpaired) electrons. The standard InChI is InChI=1S/C19H14N2O/c1-12-15-7-3-2-6-13(15)10-14(20-12)11-18-16-8-4-5-9-17(16)19(22)21-18/h2-11H,1H3,(H,21,22)/b18-11-. The van der Waals surface area contributed by atoms with Crippen LogP contribution in [0.25, 0.3) is 22.5 Å². The van der Waals surface area contributed by atoms with Crippen molar-refractivity contribution < 1.29 is 4.79 Å². The molecule has 3 heteroatoms. The molecule has 4 rings (SSSR count). The summed E-state index contributed by atoms with van der Waals surface area (Å²) in [6, 6.07) is 17.8. The van der Waals surface area contributed by atoms with E-state index in [1.54, 1.807) is 0 Å². The zero-order chi connectivity index (χ0) is 15.1. The molecule has 0 saturated heterocycles. The molecular formula is C19H14N2O. The van der Waals surface area contributed by atoms with Gasteiger partial charge in [-0.25, -0.2) is 0 Å². The van der Waals surface area contributed by atoms with Gasteiger partial charge in [0.05, 0.1) is 11.4 Å². The van der Waals surface area contributed by atoms with Crippen molar-refractivity contribution >= 4 is 28.5 Å². The van der Waals surface area contributed by atoms with E-state index in [0.29, 0.717) is 5.56 Å². The lowest BCUT2D eigenvalue weighted by Gasteiger charge is -2.05. The average Bonchev–Trinajstić information content (AvgIpc) is 2.84. The van der Waals surface area contributed by atoms with Crippen molar-refractivity contribution in [2.24, 2.45) is 0 Å². The Morgan fingerprint density at radius 2 is 1.73 bits per heavy atom. The molecule has 1 amide bonds. The molecule has 3 aromatic rings. The summed E-state index contributed by atoms with van der Waals surface area (Å²) < 4.78 is 0. The minimum atomic E-state index is -0.0561. The molecule has 0 unspecified atom stereocenters. The number of hydrogen-bond acceptors (Lipinski definition) is 2. The molecule has 0 fully saturated rings. The Morgan fingerprint density at radius 1 is 1.00 bits per heavy atom. The Balaban J connectivity index is 1.86. The Labute approximate surface area is 128 Å². The maximum atomic E-state index is 12.0. The lowest BCUT2D eigenvalue weighted by atomic mass is 10.1. The van der Waals surface area contributed by atoms with Gasteiger partial charge in [-0.2, -0.15) is 0 Å². The number of pyridine rings is 1. The fourth-order valence-electron chi connectivity index (χ4n) is 2.91. The summed E-state index contributed by atoms with van der Waals surface area (Å²) in [4.78, 5) is 16.6. The maximum Gasteiger partial charge on any atom is 0.256 e. The van der Waals surface area contributed by atoms with Crippen molar-refractivity contribution in [3.63, 3.8) is 0 Å². The smallest absolute Gasteiger partial charge is 0.256 e. The minimum Gasteiger partial charge on any atom is -0.321 e. The van der Waals surface area contributed by atoms with Crippen molar-refractivity contribution in [1.29, 1.82) is 0 Å². The third kappa shape index (κ3) is 1.99. The van der Waals surface area contributed by atoms with Gasteiger partial charge < -0.3 is 5.32 Å². The molecule has 1 aliphatic heterocycles. The van der Waals surface area contributed by atoms with E-state index in [4.69, 9.17) is 0 Å². The van der Waals surface area contributed by atoms with E-state index in [1.165, 1.54) is 0 Å². The molecule has 22 heavy (non-hydrogen) atoms. The summed E-state index contributed by atoms with van der Waals surface area (Å²) in [7, 11) is 0. The van der Waals surface area contributed by atoms with Crippen molar-refractivity contribution in [3.8, 4) is 0 Å². The number of hydrogen-bond donors (Lipinski definition) is 1. The molecule has 0 atom stereocenters. The Hall–Kier alpha value is -2.94. The number of aromatic nitrogens is 1. The van der Waals surface area contributed by atoms with Gasteiger partial charge in [0.2, 0.25) is 0 Å². The van der Waals surface area contributed by atoms with Crippen LogP contribution in [0.5, 0.6) is 0 Å². The van der Waals surface area contributed by atoms with Crippen LogP contribution in [0.2, 0.25) is 0 Å². The zero-order valence-corrected chi connectivity index (χ0v) is 12.1. The zero-order valence-electron chi connectivity index (χ0n) is 12.1. The van der Waals surface area contributed by atoms with Crippen LogP contribution in [0.15, 0.2) is 54.6 Å². The first-order chi connectivity index (χ1) is 10.7. The predicted molar refractivity (Wildman–Crippen MR) is 88.3 cm³/mol. The number of nitrogens with one attached hydrogen (secondary N) is 1. The fourth-order valence-corrected chi connectivity index (χ4v) is 2.91. The molecule has 3 nitrogen and oxygen atoms in total. The van der Waals surface area contributed by atoms with Gasteiger partial charge in [0, 0.05) is 22.2 Å². The second-order valence-electron chi connectivity index (χ2n) is 5.41. The van der Waals surface area contributed by atoms with E-state index >= 15 is 0 Å². The number of nitrogens with zero attached hydrogens (tertiary/aromatic N) is 1. The molecule has 0 aliphatic carbocycles. The Morgan fingerprint density at radius 3 is 2.59 bits per heavy atom. The molecule has 0 saturated carbocycles. The van der Waals surface area contributed by atoms with Crippen LogP contribution in [0.1, 0.15) is 27.3 Å². The highest BCUT2D eigenvalue weighted by Crippen LogP contribution is 2.26. The monoisotopic (exact) mass is 286 g/mol. The Bertz CT molecular complexity index is 941. The first-order valence-electron chi connectivity index (χ1n) is 7.21. The highest BCUT2D eigenvalue weighted by atomic mass is 16.1. The second-order valence-corrected chi connectivity index (χ2v) is 5.41. The van der Waals surface area contributed by atoms with Crippen molar-refractivity contribution in [3.05, 3.63) is 77.1 Å². The third-order valence-electron chi connectivity index (χ3n) is 3.95. The molecular weight excluding hydrogens is 272 g/mol.